The molecule has 0 saturated heterocycles. The van der Waals surface area contributed by atoms with Gasteiger partial charge in [0.1, 0.15) is 0 Å². The van der Waals surface area contributed by atoms with Crippen LogP contribution in [0.25, 0.3) is 0 Å². The molecule has 1 saturated carbocycles. The van der Waals surface area contributed by atoms with Gasteiger partial charge >= 0.3 is 0 Å². The Kier molecular flexibility index (Phi) is 7.08. The topological polar surface area (TPSA) is 53.2 Å². The van der Waals surface area contributed by atoms with Crippen molar-refractivity contribution in [3.8, 4) is 0 Å². The highest BCUT2D eigenvalue weighted by molar-refractivity contribution is 5.80. The number of carbonyl (C=O) groups is 1. The molecule has 0 aliphatic heterocycles. The molecule has 0 radical (unpaired) electrons. The van der Waals surface area contributed by atoms with Gasteiger partial charge in [-0.3, -0.25) is 4.79 Å². The van der Waals surface area contributed by atoms with Gasteiger partial charge in [0.15, 0.2) is 0 Å². The monoisotopic (exact) mass is 289 g/mol. The Hall–Kier alpha value is -1.55. The second-order valence-corrected chi connectivity index (χ2v) is 5.71. The lowest BCUT2D eigenvalue weighted by Gasteiger charge is -2.16. The maximum absolute atomic E-state index is 11.7. The zero-order chi connectivity index (χ0) is 14.8. The molecule has 21 heavy (non-hydrogen) atoms. The lowest BCUT2D eigenvalue weighted by atomic mass is 10.1. The van der Waals surface area contributed by atoms with Crippen LogP contribution in [-0.2, 0) is 4.79 Å². The molecule has 1 amide bonds. The molecule has 3 N–H and O–H groups in total. The maximum atomic E-state index is 11.7. The second-order valence-electron chi connectivity index (χ2n) is 5.71. The lowest BCUT2D eigenvalue weighted by molar-refractivity contribution is -0.119. The standard InChI is InChI=1S/C17H27N3O/c21-17(14-20-16-10-6-3-7-11-16)19-13-12-18-15-8-4-1-2-5-9-15/h3,6-7,10-11,15,18,20H,1-2,4-5,8-9,12-14H2,(H,19,21). The third-order valence-electron chi connectivity index (χ3n) is 3.96. The first-order valence-corrected chi connectivity index (χ1v) is 8.13. The van der Waals surface area contributed by atoms with Gasteiger partial charge in [-0.2, -0.15) is 0 Å². The molecule has 1 aliphatic rings. The molecule has 0 aromatic heterocycles. The van der Waals surface area contributed by atoms with Crippen molar-refractivity contribution in [1.29, 1.82) is 0 Å². The predicted molar refractivity (Wildman–Crippen MR) is 87.4 cm³/mol. The first kappa shape index (κ1) is 15.8. The van der Waals surface area contributed by atoms with Gasteiger partial charge in [0.25, 0.3) is 0 Å². The van der Waals surface area contributed by atoms with Crippen LogP contribution in [0.15, 0.2) is 30.3 Å². The number of hydrogen-bond donors (Lipinski definition) is 3. The summed E-state index contributed by atoms with van der Waals surface area (Å²) in [6.07, 6.45) is 7.99. The number of amides is 1. The Morgan fingerprint density at radius 3 is 2.43 bits per heavy atom. The molecule has 1 aliphatic carbocycles. The van der Waals surface area contributed by atoms with E-state index < -0.39 is 0 Å². The summed E-state index contributed by atoms with van der Waals surface area (Å²) < 4.78 is 0. The Morgan fingerprint density at radius 1 is 1.00 bits per heavy atom. The van der Waals surface area contributed by atoms with Crippen LogP contribution in [0.5, 0.6) is 0 Å². The van der Waals surface area contributed by atoms with E-state index >= 15 is 0 Å². The smallest absolute Gasteiger partial charge is 0.239 e. The van der Waals surface area contributed by atoms with Crippen molar-refractivity contribution in [1.82, 2.24) is 10.6 Å². The summed E-state index contributed by atoms with van der Waals surface area (Å²) in [4.78, 5) is 11.7. The SMILES string of the molecule is O=C(CNc1ccccc1)NCCNC1CCCCCC1. The molecule has 0 spiro atoms. The van der Waals surface area contributed by atoms with E-state index in [4.69, 9.17) is 0 Å². The van der Waals surface area contributed by atoms with E-state index in [1.165, 1.54) is 38.5 Å². The van der Waals surface area contributed by atoms with Crippen LogP contribution in [0.1, 0.15) is 38.5 Å². The lowest BCUT2D eigenvalue weighted by Crippen LogP contribution is -2.38. The van der Waals surface area contributed by atoms with Crippen LogP contribution >= 0.6 is 0 Å². The third-order valence-corrected chi connectivity index (χ3v) is 3.96. The van der Waals surface area contributed by atoms with Crippen molar-refractivity contribution in [2.45, 2.75) is 44.6 Å². The van der Waals surface area contributed by atoms with Crippen molar-refractivity contribution in [2.75, 3.05) is 25.0 Å². The van der Waals surface area contributed by atoms with E-state index in [0.29, 0.717) is 19.1 Å². The van der Waals surface area contributed by atoms with Crippen LogP contribution in [0.4, 0.5) is 5.69 Å². The minimum atomic E-state index is 0.0431. The first-order valence-electron chi connectivity index (χ1n) is 8.13. The van der Waals surface area contributed by atoms with Gasteiger partial charge in [-0.25, -0.2) is 0 Å². The molecule has 0 atom stereocenters. The van der Waals surface area contributed by atoms with Crippen LogP contribution in [-0.4, -0.2) is 31.6 Å². The third kappa shape index (κ3) is 6.63. The van der Waals surface area contributed by atoms with Gasteiger partial charge in [0.05, 0.1) is 6.54 Å². The molecule has 0 bridgehead atoms. The predicted octanol–water partition coefficient (Wildman–Crippen LogP) is 2.53. The van der Waals surface area contributed by atoms with Crippen molar-refractivity contribution in [3.05, 3.63) is 30.3 Å². The van der Waals surface area contributed by atoms with Crippen LogP contribution < -0.4 is 16.0 Å². The molecular weight excluding hydrogens is 262 g/mol. The summed E-state index contributed by atoms with van der Waals surface area (Å²) in [7, 11) is 0. The summed E-state index contributed by atoms with van der Waals surface area (Å²) in [5, 5.41) is 9.61. The molecule has 0 heterocycles. The molecule has 1 aromatic carbocycles. The highest BCUT2D eigenvalue weighted by Gasteiger charge is 2.10. The molecule has 0 unspecified atom stereocenters. The highest BCUT2D eigenvalue weighted by atomic mass is 16.1. The van der Waals surface area contributed by atoms with Crippen molar-refractivity contribution in [2.24, 2.45) is 0 Å². The molecule has 2 rings (SSSR count). The summed E-state index contributed by atoms with van der Waals surface area (Å²) in [5.41, 5.74) is 0.976. The summed E-state index contributed by atoms with van der Waals surface area (Å²) in [5.74, 6) is 0.0431. The highest BCUT2D eigenvalue weighted by Crippen LogP contribution is 2.16. The van der Waals surface area contributed by atoms with E-state index in [2.05, 4.69) is 16.0 Å². The number of rotatable bonds is 7. The number of carbonyl (C=O) groups excluding carboxylic acids is 1. The molecule has 116 valence electrons. The van der Waals surface area contributed by atoms with E-state index in [9.17, 15) is 4.79 Å². The second kappa shape index (κ2) is 9.40. The van der Waals surface area contributed by atoms with Gasteiger partial charge in [0, 0.05) is 24.8 Å². The van der Waals surface area contributed by atoms with Gasteiger partial charge < -0.3 is 16.0 Å². The average molecular weight is 289 g/mol. The molecule has 1 fully saturated rings. The Bertz CT molecular complexity index is 400. The minimum absolute atomic E-state index is 0.0431. The average Bonchev–Trinajstić information content (AvgIpc) is 2.79. The van der Waals surface area contributed by atoms with E-state index in [1.807, 2.05) is 30.3 Å². The normalized spacial score (nSPS) is 16.2. The molecule has 4 heteroatoms. The zero-order valence-corrected chi connectivity index (χ0v) is 12.7. The summed E-state index contributed by atoms with van der Waals surface area (Å²) >= 11 is 0. The van der Waals surface area contributed by atoms with E-state index in [1.54, 1.807) is 0 Å². The Morgan fingerprint density at radius 2 is 1.71 bits per heavy atom. The fourth-order valence-corrected chi connectivity index (χ4v) is 2.76. The Balaban J connectivity index is 1.52. The van der Waals surface area contributed by atoms with Gasteiger partial charge in [0.2, 0.25) is 5.91 Å². The van der Waals surface area contributed by atoms with Gasteiger partial charge in [-0.1, -0.05) is 43.9 Å². The minimum Gasteiger partial charge on any atom is -0.376 e. The molecular formula is C17H27N3O. The summed E-state index contributed by atoms with van der Waals surface area (Å²) in [6, 6.07) is 10.4. The number of para-hydroxylation sites is 1. The van der Waals surface area contributed by atoms with Gasteiger partial charge in [-0.05, 0) is 25.0 Å². The van der Waals surface area contributed by atoms with E-state index in [0.717, 1.165) is 12.2 Å². The number of nitrogens with one attached hydrogen (secondary N) is 3. The Labute approximate surface area is 127 Å². The van der Waals surface area contributed by atoms with Crippen molar-refractivity contribution < 1.29 is 4.79 Å². The van der Waals surface area contributed by atoms with Crippen molar-refractivity contribution in [3.63, 3.8) is 0 Å². The van der Waals surface area contributed by atoms with Crippen LogP contribution in [0, 0.1) is 0 Å². The van der Waals surface area contributed by atoms with Crippen LogP contribution in [0.2, 0.25) is 0 Å². The quantitative estimate of drug-likeness (QED) is 0.534. The van der Waals surface area contributed by atoms with Crippen molar-refractivity contribution >= 4 is 11.6 Å². The maximum Gasteiger partial charge on any atom is 0.239 e. The van der Waals surface area contributed by atoms with E-state index in [-0.39, 0.29) is 5.91 Å². The fraction of sp³-hybridized carbons (Fsp3) is 0.588. The number of hydrogen-bond acceptors (Lipinski definition) is 3. The first-order chi connectivity index (χ1) is 10.3. The summed E-state index contributed by atoms with van der Waals surface area (Å²) in [6.45, 7) is 1.89. The molecule has 1 aromatic rings. The van der Waals surface area contributed by atoms with Gasteiger partial charge in [-0.15, -0.1) is 0 Å². The largest absolute Gasteiger partial charge is 0.376 e. The van der Waals surface area contributed by atoms with Crippen LogP contribution in [0.3, 0.4) is 0 Å². The number of benzene rings is 1. The molecule has 4 nitrogen and oxygen atoms in total. The number of anilines is 1. The fourth-order valence-electron chi connectivity index (χ4n) is 2.76. The zero-order valence-electron chi connectivity index (χ0n) is 12.7.